The molecule has 1 aliphatic rings. The summed E-state index contributed by atoms with van der Waals surface area (Å²) in [6.45, 7) is 4.73. The maximum atomic E-state index is 12.5. The van der Waals surface area contributed by atoms with E-state index in [0.717, 1.165) is 5.56 Å². The molecule has 24 heavy (non-hydrogen) atoms. The molecule has 0 saturated carbocycles. The number of carbonyl (C=O) groups is 3. The van der Waals surface area contributed by atoms with Gasteiger partial charge in [-0.3, -0.25) is 19.4 Å². The van der Waals surface area contributed by atoms with Crippen molar-refractivity contribution in [2.24, 2.45) is 0 Å². The Morgan fingerprint density at radius 1 is 1.29 bits per heavy atom. The second kappa shape index (κ2) is 7.92. The van der Waals surface area contributed by atoms with Gasteiger partial charge in [-0.1, -0.05) is 37.3 Å². The first kappa shape index (κ1) is 17.9. The predicted octanol–water partition coefficient (Wildman–Crippen LogP) is 0.699. The highest BCUT2D eigenvalue weighted by Crippen LogP contribution is 2.25. The summed E-state index contributed by atoms with van der Waals surface area (Å²) in [7, 11) is 1.78. The minimum Gasteiger partial charge on any atom is -0.330 e. The van der Waals surface area contributed by atoms with Crippen molar-refractivity contribution in [1.82, 2.24) is 19.8 Å². The molecule has 1 fully saturated rings. The molecule has 0 aliphatic carbocycles. The normalized spacial score (nSPS) is 19.3. The van der Waals surface area contributed by atoms with Crippen LogP contribution in [0.1, 0.15) is 25.5 Å². The number of hydrazine groups is 1. The lowest BCUT2D eigenvalue weighted by Gasteiger charge is -2.46. The molecule has 0 spiro atoms. The summed E-state index contributed by atoms with van der Waals surface area (Å²) >= 11 is 0. The van der Waals surface area contributed by atoms with E-state index in [4.69, 9.17) is 0 Å². The van der Waals surface area contributed by atoms with E-state index >= 15 is 0 Å². The predicted molar refractivity (Wildman–Crippen MR) is 89.3 cm³/mol. The van der Waals surface area contributed by atoms with E-state index in [0.29, 0.717) is 19.4 Å². The van der Waals surface area contributed by atoms with Crippen LogP contribution in [-0.2, 0) is 14.4 Å². The second-order valence-electron chi connectivity index (χ2n) is 5.85. The highest BCUT2D eigenvalue weighted by atomic mass is 16.2. The molecule has 0 aromatic heterocycles. The molecule has 1 unspecified atom stereocenters. The Labute approximate surface area is 142 Å². The van der Waals surface area contributed by atoms with E-state index in [9.17, 15) is 14.4 Å². The van der Waals surface area contributed by atoms with Crippen molar-refractivity contribution >= 4 is 18.7 Å². The number of piperazine rings is 1. The summed E-state index contributed by atoms with van der Waals surface area (Å²) in [5, 5.41) is 3.20. The minimum atomic E-state index is -0.506. The largest absolute Gasteiger partial charge is 0.330 e. The van der Waals surface area contributed by atoms with Gasteiger partial charge in [0.25, 0.3) is 0 Å². The van der Waals surface area contributed by atoms with Gasteiger partial charge in [-0.25, -0.2) is 5.01 Å². The summed E-state index contributed by atoms with van der Waals surface area (Å²) in [6.07, 6.45) is 0.827. The van der Waals surface area contributed by atoms with Crippen molar-refractivity contribution in [2.75, 3.05) is 26.7 Å². The van der Waals surface area contributed by atoms with E-state index in [1.807, 2.05) is 44.2 Å². The molecule has 0 bridgehead atoms. The molecule has 130 valence electrons. The Bertz CT molecular complexity index is 580. The lowest BCUT2D eigenvalue weighted by molar-refractivity contribution is -0.169. The first-order chi connectivity index (χ1) is 11.5. The van der Waals surface area contributed by atoms with Crippen molar-refractivity contribution in [3.8, 4) is 0 Å². The minimum absolute atomic E-state index is 0.0345. The fraction of sp³-hybridized carbons (Fsp3) is 0.471. The van der Waals surface area contributed by atoms with Crippen molar-refractivity contribution in [3.05, 3.63) is 35.9 Å². The molecule has 2 atom stereocenters. The van der Waals surface area contributed by atoms with Gasteiger partial charge >= 0.3 is 0 Å². The summed E-state index contributed by atoms with van der Waals surface area (Å²) in [5.74, 6) is -0.125. The maximum Gasteiger partial charge on any atom is 0.242 e. The second-order valence-corrected chi connectivity index (χ2v) is 5.85. The molecule has 1 aliphatic heterocycles. The zero-order valence-corrected chi connectivity index (χ0v) is 14.3. The SMILES string of the molecule is CCN(C)N(C=O)C1CN([C@@H](C)c2ccccc2)C(=O)CN1C=O. The van der Waals surface area contributed by atoms with Crippen molar-refractivity contribution in [1.29, 1.82) is 0 Å². The molecule has 2 rings (SSSR count). The number of carbonyl (C=O) groups excluding carboxylic acids is 3. The maximum absolute atomic E-state index is 12.5. The summed E-state index contributed by atoms with van der Waals surface area (Å²) in [6, 6.07) is 9.59. The van der Waals surface area contributed by atoms with Crippen LogP contribution in [0.3, 0.4) is 0 Å². The van der Waals surface area contributed by atoms with Gasteiger partial charge in [0.05, 0.1) is 12.6 Å². The van der Waals surface area contributed by atoms with Crippen LogP contribution in [0.25, 0.3) is 0 Å². The van der Waals surface area contributed by atoms with Crippen molar-refractivity contribution < 1.29 is 14.4 Å². The first-order valence-electron chi connectivity index (χ1n) is 8.03. The molecule has 7 heteroatoms. The zero-order chi connectivity index (χ0) is 17.7. The van der Waals surface area contributed by atoms with Gasteiger partial charge in [-0.05, 0) is 12.5 Å². The Kier molecular flexibility index (Phi) is 5.92. The number of benzene rings is 1. The van der Waals surface area contributed by atoms with Crippen molar-refractivity contribution in [3.63, 3.8) is 0 Å². The topological polar surface area (TPSA) is 64.2 Å². The van der Waals surface area contributed by atoms with Gasteiger partial charge < -0.3 is 9.80 Å². The van der Waals surface area contributed by atoms with Crippen LogP contribution in [0.5, 0.6) is 0 Å². The Balaban J connectivity index is 2.26. The molecular formula is C17H24N4O3. The summed E-state index contributed by atoms with van der Waals surface area (Å²) in [4.78, 5) is 38.5. The fourth-order valence-electron chi connectivity index (χ4n) is 2.91. The third-order valence-electron chi connectivity index (χ3n) is 4.53. The number of nitrogens with zero attached hydrogens (tertiary/aromatic N) is 4. The van der Waals surface area contributed by atoms with E-state index < -0.39 is 6.17 Å². The molecule has 0 N–H and O–H groups in total. The molecule has 3 amide bonds. The average Bonchev–Trinajstić information content (AvgIpc) is 2.62. The van der Waals surface area contributed by atoms with Crippen LogP contribution in [0.4, 0.5) is 0 Å². The molecular weight excluding hydrogens is 308 g/mol. The lowest BCUT2D eigenvalue weighted by atomic mass is 10.1. The van der Waals surface area contributed by atoms with Crippen LogP contribution in [0, 0.1) is 0 Å². The first-order valence-corrected chi connectivity index (χ1v) is 8.03. The van der Waals surface area contributed by atoms with Gasteiger partial charge in [-0.15, -0.1) is 0 Å². The summed E-state index contributed by atoms with van der Waals surface area (Å²) in [5.41, 5.74) is 1.02. The molecule has 1 aromatic carbocycles. The standard InChI is InChI=1S/C17H24N4O3/c1-4-18(3)21(13-23)16-10-20(17(24)11-19(16)12-22)14(2)15-8-6-5-7-9-15/h5-9,12-14,16H,4,10-11H2,1-3H3/t14-,16?/m0/s1. The number of rotatable bonds is 7. The Morgan fingerprint density at radius 2 is 1.96 bits per heavy atom. The van der Waals surface area contributed by atoms with Crippen LogP contribution < -0.4 is 0 Å². The van der Waals surface area contributed by atoms with Crippen LogP contribution >= 0.6 is 0 Å². The quantitative estimate of drug-likeness (QED) is 0.545. The molecule has 7 nitrogen and oxygen atoms in total. The van der Waals surface area contributed by atoms with Gasteiger partial charge in [-0.2, -0.15) is 0 Å². The van der Waals surface area contributed by atoms with E-state index in [-0.39, 0.29) is 25.0 Å². The Hall–Kier alpha value is -2.41. The number of hydrogen-bond acceptors (Lipinski definition) is 4. The Morgan fingerprint density at radius 3 is 2.50 bits per heavy atom. The molecule has 0 radical (unpaired) electrons. The van der Waals surface area contributed by atoms with E-state index in [2.05, 4.69) is 0 Å². The molecule has 1 heterocycles. The smallest absolute Gasteiger partial charge is 0.242 e. The number of amides is 3. The average molecular weight is 332 g/mol. The van der Waals surface area contributed by atoms with Gasteiger partial charge in [0.15, 0.2) is 0 Å². The lowest BCUT2D eigenvalue weighted by Crippen LogP contribution is -2.64. The number of hydrogen-bond donors (Lipinski definition) is 0. The zero-order valence-electron chi connectivity index (χ0n) is 14.3. The van der Waals surface area contributed by atoms with Crippen molar-refractivity contribution in [2.45, 2.75) is 26.1 Å². The fourth-order valence-corrected chi connectivity index (χ4v) is 2.91. The molecule has 1 aromatic rings. The van der Waals surface area contributed by atoms with Crippen LogP contribution in [0.2, 0.25) is 0 Å². The third-order valence-corrected chi connectivity index (χ3v) is 4.53. The van der Waals surface area contributed by atoms with E-state index in [1.165, 1.54) is 9.91 Å². The van der Waals surface area contributed by atoms with Gasteiger partial charge in [0, 0.05) is 13.6 Å². The van der Waals surface area contributed by atoms with Crippen LogP contribution in [0.15, 0.2) is 30.3 Å². The highest BCUT2D eigenvalue weighted by molar-refractivity contribution is 5.82. The highest BCUT2D eigenvalue weighted by Gasteiger charge is 2.38. The summed E-state index contributed by atoms with van der Waals surface area (Å²) < 4.78 is 0. The van der Waals surface area contributed by atoms with Gasteiger partial charge in [0.2, 0.25) is 18.7 Å². The molecule has 1 saturated heterocycles. The van der Waals surface area contributed by atoms with E-state index in [1.54, 1.807) is 17.0 Å². The van der Waals surface area contributed by atoms with Gasteiger partial charge in [0.1, 0.15) is 12.7 Å². The third kappa shape index (κ3) is 3.56. The van der Waals surface area contributed by atoms with Crippen LogP contribution in [-0.4, -0.2) is 71.4 Å². The monoisotopic (exact) mass is 332 g/mol.